The lowest BCUT2D eigenvalue weighted by molar-refractivity contribution is -0.123. The number of hydrogen-bond acceptors (Lipinski definition) is 4. The van der Waals surface area contributed by atoms with Crippen LogP contribution in [0.1, 0.15) is 28.9 Å². The molecule has 138 valence electrons. The molecular formula is C19H24N4O3. The van der Waals surface area contributed by atoms with Gasteiger partial charge in [0.05, 0.1) is 17.0 Å². The predicted octanol–water partition coefficient (Wildman–Crippen LogP) is 0.764. The Morgan fingerprint density at radius 1 is 1.38 bits per heavy atom. The first kappa shape index (κ1) is 18.1. The number of nitrogens with zero attached hydrogens (tertiary/aromatic N) is 1. The third kappa shape index (κ3) is 3.94. The first-order chi connectivity index (χ1) is 12.5. The van der Waals surface area contributed by atoms with Crippen molar-refractivity contribution in [2.24, 2.45) is 11.7 Å². The van der Waals surface area contributed by atoms with E-state index in [2.05, 4.69) is 15.2 Å². The number of hydrogen-bond donors (Lipinski definition) is 3. The Labute approximate surface area is 151 Å². The number of pyridine rings is 1. The number of nitrogens with one attached hydrogen (secondary N) is 2. The predicted molar refractivity (Wildman–Crippen MR) is 100.0 cm³/mol. The molecule has 26 heavy (non-hydrogen) atoms. The van der Waals surface area contributed by atoms with Crippen LogP contribution >= 0.6 is 0 Å². The Hall–Kier alpha value is -2.67. The molecule has 2 amide bonds. The number of aromatic nitrogens is 1. The van der Waals surface area contributed by atoms with Crippen molar-refractivity contribution in [3.8, 4) is 0 Å². The van der Waals surface area contributed by atoms with Crippen LogP contribution in [0.15, 0.2) is 29.1 Å². The van der Waals surface area contributed by atoms with Gasteiger partial charge in [-0.25, -0.2) is 0 Å². The molecule has 0 saturated carbocycles. The van der Waals surface area contributed by atoms with Crippen LogP contribution in [-0.2, 0) is 4.79 Å². The Morgan fingerprint density at radius 3 is 2.96 bits per heavy atom. The van der Waals surface area contributed by atoms with E-state index in [0.29, 0.717) is 41.8 Å². The van der Waals surface area contributed by atoms with Crippen molar-refractivity contribution in [2.45, 2.75) is 19.8 Å². The van der Waals surface area contributed by atoms with Gasteiger partial charge in [-0.05, 0) is 38.4 Å². The summed E-state index contributed by atoms with van der Waals surface area (Å²) < 4.78 is 0. The highest BCUT2D eigenvalue weighted by Crippen LogP contribution is 2.16. The quantitative estimate of drug-likeness (QED) is 0.735. The smallest absolute Gasteiger partial charge is 0.253 e. The van der Waals surface area contributed by atoms with Gasteiger partial charge < -0.3 is 20.9 Å². The minimum absolute atomic E-state index is 0.100. The van der Waals surface area contributed by atoms with Crippen LogP contribution in [0.5, 0.6) is 0 Å². The fraction of sp³-hybridized carbons (Fsp3) is 0.421. The van der Waals surface area contributed by atoms with Gasteiger partial charge >= 0.3 is 0 Å². The maximum atomic E-state index is 12.6. The summed E-state index contributed by atoms with van der Waals surface area (Å²) >= 11 is 0. The summed E-state index contributed by atoms with van der Waals surface area (Å²) in [4.78, 5) is 41.3. The molecule has 1 fully saturated rings. The number of rotatable bonds is 5. The van der Waals surface area contributed by atoms with E-state index in [1.807, 2.05) is 0 Å². The fourth-order valence-corrected chi connectivity index (χ4v) is 3.50. The van der Waals surface area contributed by atoms with Crippen LogP contribution in [-0.4, -0.2) is 47.9 Å². The molecule has 7 heteroatoms. The van der Waals surface area contributed by atoms with E-state index < -0.39 is 0 Å². The summed E-state index contributed by atoms with van der Waals surface area (Å²) in [7, 11) is 0. The van der Waals surface area contributed by atoms with Crippen molar-refractivity contribution >= 4 is 22.7 Å². The van der Waals surface area contributed by atoms with E-state index >= 15 is 0 Å². The minimum atomic E-state index is -0.256. The standard InChI is InChI=1S/C19H24N4O3/c1-12-10-16(24)14-5-2-6-15(17(14)22-12)19(26)21-7-9-23-8-3-4-13(11-23)18(20)25/h2,5-6,10,13H,3-4,7-9,11H2,1H3,(H2,20,25)(H,21,26)(H,22,24)/t13-/m0/s1. The number of aryl methyl sites for hydroxylation is 1. The third-order valence-electron chi connectivity index (χ3n) is 4.87. The van der Waals surface area contributed by atoms with Gasteiger partial charge in [0.2, 0.25) is 5.91 Å². The second kappa shape index (κ2) is 7.70. The lowest BCUT2D eigenvalue weighted by Gasteiger charge is -2.31. The normalized spacial score (nSPS) is 18.0. The third-order valence-corrected chi connectivity index (χ3v) is 4.87. The number of amides is 2. The number of aromatic amines is 1. The molecule has 0 bridgehead atoms. The van der Waals surface area contributed by atoms with Gasteiger partial charge in [-0.15, -0.1) is 0 Å². The highest BCUT2D eigenvalue weighted by Gasteiger charge is 2.23. The first-order valence-electron chi connectivity index (χ1n) is 8.88. The van der Waals surface area contributed by atoms with Crippen molar-refractivity contribution in [1.29, 1.82) is 0 Å². The molecule has 1 aliphatic rings. The maximum absolute atomic E-state index is 12.6. The molecule has 0 unspecified atom stereocenters. The Bertz CT molecular complexity index is 890. The lowest BCUT2D eigenvalue weighted by atomic mass is 9.97. The zero-order valence-corrected chi connectivity index (χ0v) is 14.9. The van der Waals surface area contributed by atoms with E-state index in [0.717, 1.165) is 19.4 Å². The average Bonchev–Trinajstić information content (AvgIpc) is 2.61. The monoisotopic (exact) mass is 356 g/mol. The summed E-state index contributed by atoms with van der Waals surface area (Å²) in [5.41, 5.74) is 7.02. The Balaban J connectivity index is 1.65. The number of primary amides is 1. The number of piperidine rings is 1. The molecule has 2 aromatic rings. The highest BCUT2D eigenvalue weighted by molar-refractivity contribution is 6.05. The fourth-order valence-electron chi connectivity index (χ4n) is 3.50. The summed E-state index contributed by atoms with van der Waals surface area (Å²) in [6.45, 7) is 4.47. The van der Waals surface area contributed by atoms with Gasteiger partial charge in [-0.1, -0.05) is 6.07 Å². The van der Waals surface area contributed by atoms with E-state index in [4.69, 9.17) is 5.73 Å². The van der Waals surface area contributed by atoms with Crippen LogP contribution in [0.25, 0.3) is 10.9 Å². The summed E-state index contributed by atoms with van der Waals surface area (Å²) in [5, 5.41) is 3.41. The minimum Gasteiger partial charge on any atom is -0.369 e. The van der Waals surface area contributed by atoms with Crippen molar-refractivity contribution in [3.05, 3.63) is 45.7 Å². The molecule has 4 N–H and O–H groups in total. The van der Waals surface area contributed by atoms with Crippen molar-refractivity contribution < 1.29 is 9.59 Å². The molecule has 1 aliphatic heterocycles. The van der Waals surface area contributed by atoms with E-state index in [1.54, 1.807) is 25.1 Å². The number of fused-ring (bicyclic) bond motifs is 1. The number of nitrogens with two attached hydrogens (primary N) is 1. The van der Waals surface area contributed by atoms with E-state index in [-0.39, 0.29) is 23.2 Å². The molecule has 1 aromatic heterocycles. The largest absolute Gasteiger partial charge is 0.369 e. The van der Waals surface area contributed by atoms with Crippen LogP contribution in [0.2, 0.25) is 0 Å². The molecule has 3 rings (SSSR count). The number of para-hydroxylation sites is 1. The van der Waals surface area contributed by atoms with E-state index in [1.165, 1.54) is 6.07 Å². The van der Waals surface area contributed by atoms with Gasteiger partial charge in [0.1, 0.15) is 0 Å². The molecule has 1 atom stereocenters. The van der Waals surface area contributed by atoms with Crippen molar-refractivity contribution in [1.82, 2.24) is 15.2 Å². The van der Waals surface area contributed by atoms with Gasteiger partial charge in [0, 0.05) is 36.8 Å². The average molecular weight is 356 g/mol. The summed E-state index contributed by atoms with van der Waals surface area (Å²) in [5.74, 6) is -0.584. The zero-order valence-electron chi connectivity index (χ0n) is 14.9. The zero-order chi connectivity index (χ0) is 18.7. The molecule has 2 heterocycles. The van der Waals surface area contributed by atoms with Crippen molar-refractivity contribution in [2.75, 3.05) is 26.2 Å². The second-order valence-corrected chi connectivity index (χ2v) is 6.84. The van der Waals surface area contributed by atoms with Crippen LogP contribution < -0.4 is 16.5 Å². The van der Waals surface area contributed by atoms with Crippen LogP contribution in [0.3, 0.4) is 0 Å². The number of likely N-dealkylation sites (tertiary alicyclic amines) is 1. The van der Waals surface area contributed by atoms with Crippen molar-refractivity contribution in [3.63, 3.8) is 0 Å². The molecule has 1 aromatic carbocycles. The van der Waals surface area contributed by atoms with Gasteiger partial charge in [-0.3, -0.25) is 14.4 Å². The van der Waals surface area contributed by atoms with Gasteiger partial charge in [0.15, 0.2) is 5.43 Å². The Kier molecular flexibility index (Phi) is 5.37. The van der Waals surface area contributed by atoms with Gasteiger partial charge in [0.25, 0.3) is 5.91 Å². The number of carbonyl (C=O) groups excluding carboxylic acids is 2. The molecule has 0 spiro atoms. The van der Waals surface area contributed by atoms with Gasteiger partial charge in [-0.2, -0.15) is 0 Å². The molecule has 0 radical (unpaired) electrons. The number of benzene rings is 1. The highest BCUT2D eigenvalue weighted by atomic mass is 16.2. The van der Waals surface area contributed by atoms with Crippen LogP contribution in [0.4, 0.5) is 0 Å². The second-order valence-electron chi connectivity index (χ2n) is 6.84. The molecule has 1 saturated heterocycles. The number of H-pyrrole nitrogens is 1. The number of carbonyl (C=O) groups is 2. The molecule has 0 aliphatic carbocycles. The lowest BCUT2D eigenvalue weighted by Crippen LogP contribution is -2.44. The molecular weight excluding hydrogens is 332 g/mol. The van der Waals surface area contributed by atoms with Crippen LogP contribution in [0, 0.1) is 12.8 Å². The molecule has 7 nitrogen and oxygen atoms in total. The topological polar surface area (TPSA) is 108 Å². The van der Waals surface area contributed by atoms with E-state index in [9.17, 15) is 14.4 Å². The Morgan fingerprint density at radius 2 is 2.19 bits per heavy atom. The maximum Gasteiger partial charge on any atom is 0.253 e. The first-order valence-corrected chi connectivity index (χ1v) is 8.88. The summed E-state index contributed by atoms with van der Waals surface area (Å²) in [6.07, 6.45) is 1.77. The summed E-state index contributed by atoms with van der Waals surface area (Å²) in [6, 6.07) is 6.65. The SMILES string of the molecule is Cc1cc(=O)c2cccc(C(=O)NCCN3CCC[C@H](C(N)=O)C3)c2[nH]1.